The topological polar surface area (TPSA) is 87.7 Å². The fraction of sp³-hybridized carbons (Fsp3) is 0.200. The lowest BCUT2D eigenvalue weighted by atomic mass is 9.95. The third-order valence-corrected chi connectivity index (χ3v) is 4.16. The van der Waals surface area contributed by atoms with E-state index in [1.165, 1.54) is 12.1 Å². The van der Waals surface area contributed by atoms with Gasteiger partial charge >= 0.3 is 12.0 Å². The standard InChI is InChI=1S/C20H20N2O4/c1-13-17(19(24)26-11-10-14-6-3-2-4-7-14)18(22-20(25)21-13)15-8-5-9-16(23)12-15/h2-9,12,18,23H,10-11H2,1H3,(H2,21,22,25)/t18-/m1/s1. The second kappa shape index (κ2) is 7.74. The number of esters is 1. The maximum Gasteiger partial charge on any atom is 0.338 e. The molecular weight excluding hydrogens is 332 g/mol. The quantitative estimate of drug-likeness (QED) is 0.722. The summed E-state index contributed by atoms with van der Waals surface area (Å²) in [5.74, 6) is -0.441. The van der Waals surface area contributed by atoms with Crippen LogP contribution in [0.25, 0.3) is 0 Å². The largest absolute Gasteiger partial charge is 0.508 e. The van der Waals surface area contributed by atoms with Gasteiger partial charge in [-0.25, -0.2) is 9.59 Å². The van der Waals surface area contributed by atoms with E-state index in [1.54, 1.807) is 19.1 Å². The van der Waals surface area contributed by atoms with Gasteiger partial charge in [0.1, 0.15) is 5.75 Å². The average molecular weight is 352 g/mol. The van der Waals surface area contributed by atoms with E-state index >= 15 is 0 Å². The van der Waals surface area contributed by atoms with E-state index in [1.807, 2.05) is 30.3 Å². The number of rotatable bonds is 5. The van der Waals surface area contributed by atoms with E-state index in [0.29, 0.717) is 23.3 Å². The van der Waals surface area contributed by atoms with Crippen LogP contribution in [0.2, 0.25) is 0 Å². The summed E-state index contributed by atoms with van der Waals surface area (Å²) >= 11 is 0. The van der Waals surface area contributed by atoms with Crippen molar-refractivity contribution >= 4 is 12.0 Å². The van der Waals surface area contributed by atoms with E-state index < -0.39 is 18.0 Å². The molecule has 0 radical (unpaired) electrons. The first-order valence-electron chi connectivity index (χ1n) is 8.33. The molecule has 6 nitrogen and oxygen atoms in total. The molecule has 0 saturated heterocycles. The molecule has 0 unspecified atom stereocenters. The van der Waals surface area contributed by atoms with Crippen molar-refractivity contribution in [2.45, 2.75) is 19.4 Å². The Hall–Kier alpha value is -3.28. The van der Waals surface area contributed by atoms with Gasteiger partial charge in [0, 0.05) is 12.1 Å². The van der Waals surface area contributed by atoms with E-state index in [4.69, 9.17) is 4.74 Å². The Morgan fingerprint density at radius 3 is 2.65 bits per heavy atom. The molecule has 1 heterocycles. The van der Waals surface area contributed by atoms with Crippen molar-refractivity contribution in [2.75, 3.05) is 6.61 Å². The number of hydrogen-bond donors (Lipinski definition) is 3. The van der Waals surface area contributed by atoms with Crippen molar-refractivity contribution < 1.29 is 19.4 Å². The number of amides is 2. The highest BCUT2D eigenvalue weighted by atomic mass is 16.5. The van der Waals surface area contributed by atoms with Gasteiger partial charge in [-0.1, -0.05) is 42.5 Å². The van der Waals surface area contributed by atoms with Gasteiger partial charge in [0.15, 0.2) is 0 Å². The van der Waals surface area contributed by atoms with Crippen molar-refractivity contribution in [3.63, 3.8) is 0 Å². The summed E-state index contributed by atoms with van der Waals surface area (Å²) in [6.07, 6.45) is 0.607. The number of carbonyl (C=O) groups excluding carboxylic acids is 2. The van der Waals surface area contributed by atoms with E-state index in [-0.39, 0.29) is 12.4 Å². The predicted octanol–water partition coefficient (Wildman–Crippen LogP) is 2.81. The highest BCUT2D eigenvalue weighted by molar-refractivity contribution is 5.95. The molecule has 1 aliphatic heterocycles. The number of benzene rings is 2. The van der Waals surface area contributed by atoms with E-state index in [0.717, 1.165) is 5.56 Å². The van der Waals surface area contributed by atoms with Gasteiger partial charge in [-0.2, -0.15) is 0 Å². The molecule has 134 valence electrons. The van der Waals surface area contributed by atoms with Gasteiger partial charge in [-0.15, -0.1) is 0 Å². The first-order chi connectivity index (χ1) is 12.5. The number of ether oxygens (including phenoxy) is 1. The minimum Gasteiger partial charge on any atom is -0.508 e. The predicted molar refractivity (Wildman–Crippen MR) is 96.3 cm³/mol. The first kappa shape index (κ1) is 17.5. The van der Waals surface area contributed by atoms with Crippen molar-refractivity contribution in [3.8, 4) is 5.75 Å². The van der Waals surface area contributed by atoms with Gasteiger partial charge in [0.2, 0.25) is 0 Å². The maximum atomic E-state index is 12.6. The molecule has 0 fully saturated rings. The molecule has 0 saturated carbocycles. The fourth-order valence-corrected chi connectivity index (χ4v) is 2.90. The molecule has 0 spiro atoms. The number of aromatic hydroxyl groups is 1. The maximum absolute atomic E-state index is 12.6. The molecule has 1 atom stereocenters. The van der Waals surface area contributed by atoms with Crippen LogP contribution in [0, 0.1) is 0 Å². The monoisotopic (exact) mass is 352 g/mol. The molecule has 1 aliphatic rings. The number of nitrogens with one attached hydrogen (secondary N) is 2. The number of urea groups is 1. The Labute approximate surface area is 151 Å². The van der Waals surface area contributed by atoms with Crippen LogP contribution in [0.1, 0.15) is 24.1 Å². The molecular formula is C20H20N2O4. The number of phenols is 1. The lowest BCUT2D eigenvalue weighted by Crippen LogP contribution is -2.45. The summed E-state index contributed by atoms with van der Waals surface area (Å²) in [4.78, 5) is 24.5. The van der Waals surface area contributed by atoms with Gasteiger partial charge in [-0.05, 0) is 30.2 Å². The fourth-order valence-electron chi connectivity index (χ4n) is 2.90. The van der Waals surface area contributed by atoms with Crippen LogP contribution in [-0.4, -0.2) is 23.7 Å². The number of allylic oxidation sites excluding steroid dienone is 1. The minimum atomic E-state index is -0.680. The van der Waals surface area contributed by atoms with Crippen LogP contribution >= 0.6 is 0 Å². The zero-order valence-electron chi connectivity index (χ0n) is 14.4. The average Bonchev–Trinajstić information content (AvgIpc) is 2.62. The smallest absolute Gasteiger partial charge is 0.338 e. The van der Waals surface area contributed by atoms with Crippen LogP contribution in [0.5, 0.6) is 5.75 Å². The van der Waals surface area contributed by atoms with Crippen molar-refractivity contribution in [2.24, 2.45) is 0 Å². The molecule has 0 aromatic heterocycles. The summed E-state index contributed by atoms with van der Waals surface area (Å²) in [7, 11) is 0. The molecule has 26 heavy (non-hydrogen) atoms. The lowest BCUT2D eigenvalue weighted by molar-refractivity contribution is -0.139. The minimum absolute atomic E-state index is 0.0599. The SMILES string of the molecule is CC1=C(C(=O)OCCc2ccccc2)[C@@H](c2cccc(O)c2)NC(=O)N1. The number of phenolic OH excluding ortho intramolecular Hbond substituents is 1. The summed E-state index contributed by atoms with van der Waals surface area (Å²) in [6, 6.07) is 15.1. The Morgan fingerprint density at radius 1 is 1.15 bits per heavy atom. The molecule has 6 heteroatoms. The zero-order valence-corrected chi connectivity index (χ0v) is 14.4. The molecule has 2 amide bonds. The van der Waals surface area contributed by atoms with Crippen LogP contribution in [0.15, 0.2) is 65.9 Å². The van der Waals surface area contributed by atoms with Crippen LogP contribution in [-0.2, 0) is 16.0 Å². The van der Waals surface area contributed by atoms with Crippen LogP contribution < -0.4 is 10.6 Å². The highest BCUT2D eigenvalue weighted by Crippen LogP contribution is 2.29. The second-order valence-corrected chi connectivity index (χ2v) is 6.04. The summed E-state index contributed by atoms with van der Waals surface area (Å²) < 4.78 is 5.42. The molecule has 3 rings (SSSR count). The van der Waals surface area contributed by atoms with Crippen LogP contribution in [0.4, 0.5) is 4.79 Å². The highest BCUT2D eigenvalue weighted by Gasteiger charge is 2.32. The molecule has 2 aromatic rings. The van der Waals surface area contributed by atoms with Crippen molar-refractivity contribution in [1.29, 1.82) is 0 Å². The summed E-state index contributed by atoms with van der Waals surface area (Å²) in [5, 5.41) is 15.0. The van der Waals surface area contributed by atoms with Crippen LogP contribution in [0.3, 0.4) is 0 Å². The van der Waals surface area contributed by atoms with Crippen molar-refractivity contribution in [3.05, 3.63) is 77.0 Å². The second-order valence-electron chi connectivity index (χ2n) is 6.04. The van der Waals surface area contributed by atoms with E-state index in [2.05, 4.69) is 10.6 Å². The number of carbonyl (C=O) groups is 2. The van der Waals surface area contributed by atoms with Gasteiger partial charge in [0.25, 0.3) is 0 Å². The first-order valence-corrected chi connectivity index (χ1v) is 8.33. The Balaban J connectivity index is 1.76. The number of hydrogen-bond acceptors (Lipinski definition) is 4. The third kappa shape index (κ3) is 4.03. The van der Waals surface area contributed by atoms with E-state index in [9.17, 15) is 14.7 Å². The Bertz CT molecular complexity index is 846. The zero-order chi connectivity index (χ0) is 18.5. The summed E-state index contributed by atoms with van der Waals surface area (Å²) in [5.41, 5.74) is 2.44. The Kier molecular flexibility index (Phi) is 5.22. The lowest BCUT2D eigenvalue weighted by Gasteiger charge is -2.28. The van der Waals surface area contributed by atoms with Gasteiger partial charge in [-0.3, -0.25) is 0 Å². The third-order valence-electron chi connectivity index (χ3n) is 4.16. The Morgan fingerprint density at radius 2 is 1.92 bits per heavy atom. The molecule has 0 aliphatic carbocycles. The molecule has 2 aromatic carbocycles. The normalized spacial score (nSPS) is 16.7. The van der Waals surface area contributed by atoms with Gasteiger partial charge in [0.05, 0.1) is 18.2 Å². The summed E-state index contributed by atoms with van der Waals surface area (Å²) in [6.45, 7) is 1.89. The molecule has 3 N–H and O–H groups in total. The molecule has 0 bridgehead atoms. The van der Waals surface area contributed by atoms with Gasteiger partial charge < -0.3 is 20.5 Å². The van der Waals surface area contributed by atoms with Crippen molar-refractivity contribution in [1.82, 2.24) is 10.6 Å².